The van der Waals surface area contributed by atoms with Gasteiger partial charge in [-0.25, -0.2) is 0 Å². The minimum Gasteiger partial charge on any atom is -0.381 e. The molecular weight excluding hydrogens is 280 g/mol. The predicted molar refractivity (Wildman–Crippen MR) is 82.9 cm³/mol. The number of anilines is 1. The number of nitrogens with one attached hydrogen (secondary N) is 2. The second-order valence-electron chi connectivity index (χ2n) is 5.44. The molecule has 2 aromatic heterocycles. The second kappa shape index (κ2) is 6.70. The fourth-order valence-electron chi connectivity index (χ4n) is 2.73. The number of aromatic amines is 1. The van der Waals surface area contributed by atoms with Gasteiger partial charge in [0.2, 0.25) is 0 Å². The van der Waals surface area contributed by atoms with Gasteiger partial charge >= 0.3 is 0 Å². The molecule has 2 aromatic rings. The van der Waals surface area contributed by atoms with Gasteiger partial charge in [0.05, 0.1) is 0 Å². The molecule has 1 fully saturated rings. The smallest absolute Gasteiger partial charge is 0.257 e. The van der Waals surface area contributed by atoms with Gasteiger partial charge in [-0.15, -0.1) is 0 Å². The Kier molecular flexibility index (Phi) is 4.48. The van der Waals surface area contributed by atoms with Crippen LogP contribution < -0.4 is 5.32 Å². The van der Waals surface area contributed by atoms with E-state index in [0.717, 1.165) is 43.7 Å². The number of H-pyrrole nitrogens is 1. The van der Waals surface area contributed by atoms with E-state index in [1.165, 1.54) is 0 Å². The number of carbonyl (C=O) groups is 1. The van der Waals surface area contributed by atoms with Gasteiger partial charge in [-0.2, -0.15) is 5.10 Å². The molecule has 0 spiro atoms. The van der Waals surface area contributed by atoms with E-state index in [-0.39, 0.29) is 5.91 Å². The minimum absolute atomic E-state index is 0.149. The molecule has 6 heteroatoms. The zero-order valence-electron chi connectivity index (χ0n) is 12.6. The van der Waals surface area contributed by atoms with Crippen molar-refractivity contribution in [1.29, 1.82) is 0 Å². The van der Waals surface area contributed by atoms with Gasteiger partial charge in [0, 0.05) is 48.8 Å². The number of ether oxygens (including phenoxy) is 1. The fourth-order valence-corrected chi connectivity index (χ4v) is 2.73. The van der Waals surface area contributed by atoms with Crippen LogP contribution >= 0.6 is 0 Å². The molecule has 1 amide bonds. The van der Waals surface area contributed by atoms with Crippen molar-refractivity contribution in [3.63, 3.8) is 0 Å². The maximum Gasteiger partial charge on any atom is 0.257 e. The molecule has 1 aliphatic heterocycles. The Morgan fingerprint density at radius 3 is 3.05 bits per heavy atom. The Labute approximate surface area is 129 Å². The lowest BCUT2D eigenvalue weighted by molar-refractivity contribution is 0.0845. The fraction of sp³-hybridized carbons (Fsp3) is 0.438. The normalized spacial score (nSPS) is 15.7. The van der Waals surface area contributed by atoms with E-state index in [4.69, 9.17) is 4.74 Å². The van der Waals surface area contributed by atoms with E-state index in [2.05, 4.69) is 20.5 Å². The van der Waals surface area contributed by atoms with E-state index in [0.29, 0.717) is 17.3 Å². The molecule has 0 radical (unpaired) electrons. The molecule has 0 unspecified atom stereocenters. The number of hydrogen-bond donors (Lipinski definition) is 2. The van der Waals surface area contributed by atoms with Crippen LogP contribution in [0.4, 0.5) is 5.82 Å². The van der Waals surface area contributed by atoms with Crippen molar-refractivity contribution >= 4 is 11.7 Å². The molecule has 1 aliphatic rings. The van der Waals surface area contributed by atoms with Gasteiger partial charge in [0.25, 0.3) is 5.91 Å². The maximum absolute atomic E-state index is 12.4. The van der Waals surface area contributed by atoms with Gasteiger partial charge < -0.3 is 10.1 Å². The third-order valence-electron chi connectivity index (χ3n) is 4.03. The van der Waals surface area contributed by atoms with Gasteiger partial charge in [-0.3, -0.25) is 14.9 Å². The van der Waals surface area contributed by atoms with Gasteiger partial charge in [-0.05, 0) is 30.9 Å². The summed E-state index contributed by atoms with van der Waals surface area (Å²) >= 11 is 0. The van der Waals surface area contributed by atoms with Gasteiger partial charge in [0.15, 0.2) is 5.82 Å². The molecule has 116 valence electrons. The molecular formula is C16H20N4O2. The van der Waals surface area contributed by atoms with E-state index < -0.39 is 0 Å². The van der Waals surface area contributed by atoms with Gasteiger partial charge in [-0.1, -0.05) is 6.92 Å². The van der Waals surface area contributed by atoms with E-state index >= 15 is 0 Å². The molecule has 2 N–H and O–H groups in total. The standard InChI is InChI=1S/C16H20N4O2/c1-2-11-10-17-6-3-13(11)16(21)18-15-9-14(19-20-15)12-4-7-22-8-5-12/h3,6,9-10,12H,2,4-5,7-8H2,1H3,(H2,18,19,20,21). The summed E-state index contributed by atoms with van der Waals surface area (Å²) in [5.74, 6) is 0.841. The molecule has 3 heterocycles. The van der Waals surface area contributed by atoms with Crippen LogP contribution in [0, 0.1) is 0 Å². The van der Waals surface area contributed by atoms with Crippen LogP contribution in [0.25, 0.3) is 0 Å². The minimum atomic E-state index is -0.149. The highest BCUT2D eigenvalue weighted by Gasteiger charge is 2.19. The summed E-state index contributed by atoms with van der Waals surface area (Å²) in [6.45, 7) is 3.57. The summed E-state index contributed by atoms with van der Waals surface area (Å²) in [6, 6.07) is 3.65. The number of amides is 1. The highest BCUT2D eigenvalue weighted by Crippen LogP contribution is 2.26. The average Bonchev–Trinajstić information content (AvgIpc) is 3.04. The largest absolute Gasteiger partial charge is 0.381 e. The molecule has 6 nitrogen and oxygen atoms in total. The van der Waals surface area contributed by atoms with Crippen molar-refractivity contribution in [2.75, 3.05) is 18.5 Å². The van der Waals surface area contributed by atoms with Crippen molar-refractivity contribution in [3.05, 3.63) is 41.3 Å². The Morgan fingerprint density at radius 2 is 2.27 bits per heavy atom. The number of aromatic nitrogens is 3. The lowest BCUT2D eigenvalue weighted by Gasteiger charge is -2.20. The Hall–Kier alpha value is -2.21. The molecule has 0 saturated carbocycles. The maximum atomic E-state index is 12.4. The molecule has 1 saturated heterocycles. The molecule has 0 bridgehead atoms. The number of hydrogen-bond acceptors (Lipinski definition) is 4. The van der Waals surface area contributed by atoms with Crippen molar-refractivity contribution < 1.29 is 9.53 Å². The lowest BCUT2D eigenvalue weighted by Crippen LogP contribution is -2.15. The van der Waals surface area contributed by atoms with Crippen molar-refractivity contribution in [2.45, 2.75) is 32.1 Å². The summed E-state index contributed by atoms with van der Waals surface area (Å²) < 4.78 is 5.37. The quantitative estimate of drug-likeness (QED) is 0.909. The first-order valence-corrected chi connectivity index (χ1v) is 7.65. The van der Waals surface area contributed by atoms with Crippen LogP contribution in [0.2, 0.25) is 0 Å². The second-order valence-corrected chi connectivity index (χ2v) is 5.44. The van der Waals surface area contributed by atoms with Crippen LogP contribution in [-0.2, 0) is 11.2 Å². The molecule has 3 rings (SSSR count). The molecule has 0 atom stereocenters. The third kappa shape index (κ3) is 3.17. The first kappa shape index (κ1) is 14.7. The lowest BCUT2D eigenvalue weighted by atomic mass is 9.97. The van der Waals surface area contributed by atoms with Gasteiger partial charge in [0.1, 0.15) is 0 Å². The summed E-state index contributed by atoms with van der Waals surface area (Å²) in [5.41, 5.74) is 2.64. The van der Waals surface area contributed by atoms with Crippen LogP contribution in [-0.4, -0.2) is 34.3 Å². The number of aryl methyl sites for hydroxylation is 1. The zero-order valence-corrected chi connectivity index (χ0v) is 12.6. The summed E-state index contributed by atoms with van der Waals surface area (Å²) in [7, 11) is 0. The first-order chi connectivity index (χ1) is 10.8. The summed E-state index contributed by atoms with van der Waals surface area (Å²) in [4.78, 5) is 16.4. The van der Waals surface area contributed by atoms with Crippen molar-refractivity contribution in [2.24, 2.45) is 0 Å². The highest BCUT2D eigenvalue weighted by molar-refractivity contribution is 6.04. The molecule has 0 aromatic carbocycles. The van der Waals surface area contributed by atoms with Crippen molar-refractivity contribution in [3.8, 4) is 0 Å². The van der Waals surface area contributed by atoms with E-state index in [1.807, 2.05) is 13.0 Å². The monoisotopic (exact) mass is 300 g/mol. The molecule has 0 aliphatic carbocycles. The number of pyridine rings is 1. The van der Waals surface area contributed by atoms with Crippen molar-refractivity contribution in [1.82, 2.24) is 15.2 Å². The van der Waals surface area contributed by atoms with E-state index in [9.17, 15) is 4.79 Å². The number of rotatable bonds is 4. The van der Waals surface area contributed by atoms with Crippen LogP contribution in [0.15, 0.2) is 24.5 Å². The number of carbonyl (C=O) groups excluding carboxylic acids is 1. The van der Waals surface area contributed by atoms with E-state index in [1.54, 1.807) is 18.5 Å². The molecule has 22 heavy (non-hydrogen) atoms. The number of nitrogens with zero attached hydrogens (tertiary/aromatic N) is 2. The summed E-state index contributed by atoms with van der Waals surface area (Å²) in [5, 5.41) is 10.1. The Balaban J connectivity index is 1.70. The average molecular weight is 300 g/mol. The van der Waals surface area contributed by atoms with Crippen LogP contribution in [0.5, 0.6) is 0 Å². The predicted octanol–water partition coefficient (Wildman–Crippen LogP) is 2.51. The zero-order chi connectivity index (χ0) is 15.4. The Bertz CT molecular complexity index is 647. The highest BCUT2D eigenvalue weighted by atomic mass is 16.5. The van der Waals surface area contributed by atoms with Crippen LogP contribution in [0.3, 0.4) is 0 Å². The Morgan fingerprint density at radius 1 is 1.45 bits per heavy atom. The SMILES string of the molecule is CCc1cnccc1C(=O)Nc1cc(C2CCOCC2)[nH]n1. The third-order valence-corrected chi connectivity index (χ3v) is 4.03. The van der Waals surface area contributed by atoms with Crippen LogP contribution in [0.1, 0.15) is 47.3 Å². The first-order valence-electron chi connectivity index (χ1n) is 7.65. The topological polar surface area (TPSA) is 79.9 Å². The summed E-state index contributed by atoms with van der Waals surface area (Å²) in [6.07, 6.45) is 6.10.